The number of para-hydroxylation sites is 1. The van der Waals surface area contributed by atoms with Gasteiger partial charge in [0, 0.05) is 30.9 Å². The molecule has 0 fully saturated rings. The van der Waals surface area contributed by atoms with Gasteiger partial charge in [0.2, 0.25) is 0 Å². The van der Waals surface area contributed by atoms with Crippen LogP contribution < -0.4 is 5.32 Å². The van der Waals surface area contributed by atoms with Gasteiger partial charge in [-0.05, 0) is 30.7 Å². The van der Waals surface area contributed by atoms with Crippen LogP contribution in [0.15, 0.2) is 48.8 Å². The zero-order valence-electron chi connectivity index (χ0n) is 11.4. The van der Waals surface area contributed by atoms with Gasteiger partial charge in [-0.15, -0.1) is 0 Å². The molecular weight excluding hydrogens is 248 g/mol. The van der Waals surface area contributed by atoms with Crippen LogP contribution in [-0.4, -0.2) is 15.0 Å². The number of pyridine rings is 1. The van der Waals surface area contributed by atoms with Crippen molar-refractivity contribution in [1.82, 2.24) is 20.3 Å². The zero-order chi connectivity index (χ0) is 13.8. The van der Waals surface area contributed by atoms with E-state index in [1.54, 1.807) is 6.20 Å². The van der Waals surface area contributed by atoms with Crippen LogP contribution in [0.2, 0.25) is 0 Å². The van der Waals surface area contributed by atoms with Gasteiger partial charge < -0.3 is 5.32 Å². The average Bonchev–Trinajstić information content (AvgIpc) is 2.48. The molecule has 0 aliphatic carbocycles. The normalized spacial score (nSPS) is 10.8. The molecule has 0 saturated carbocycles. The number of nitrogens with zero attached hydrogens (tertiary/aromatic N) is 3. The molecule has 100 valence electrons. The third-order valence-corrected chi connectivity index (χ3v) is 3.19. The largest absolute Gasteiger partial charge is 0.307 e. The number of rotatable bonds is 4. The van der Waals surface area contributed by atoms with E-state index in [0.717, 1.165) is 30.1 Å². The van der Waals surface area contributed by atoms with E-state index in [2.05, 4.69) is 32.4 Å². The van der Waals surface area contributed by atoms with Gasteiger partial charge in [0.15, 0.2) is 0 Å². The van der Waals surface area contributed by atoms with Gasteiger partial charge in [0.1, 0.15) is 5.82 Å². The van der Waals surface area contributed by atoms with E-state index in [1.165, 1.54) is 10.9 Å². The summed E-state index contributed by atoms with van der Waals surface area (Å²) in [6, 6.07) is 12.2. The molecule has 2 aromatic heterocycles. The second-order valence-corrected chi connectivity index (χ2v) is 4.69. The van der Waals surface area contributed by atoms with Crippen molar-refractivity contribution in [2.75, 3.05) is 0 Å². The predicted molar refractivity (Wildman–Crippen MR) is 79.1 cm³/mol. The van der Waals surface area contributed by atoms with Crippen LogP contribution in [0.1, 0.15) is 17.1 Å². The lowest BCUT2D eigenvalue weighted by molar-refractivity contribution is 0.677. The lowest BCUT2D eigenvalue weighted by atomic mass is 10.1. The summed E-state index contributed by atoms with van der Waals surface area (Å²) in [5.74, 6) is 0.804. The number of fused-ring (bicyclic) bond motifs is 1. The number of hydrogen-bond donors (Lipinski definition) is 1. The third kappa shape index (κ3) is 2.81. The van der Waals surface area contributed by atoms with Crippen molar-refractivity contribution in [3.63, 3.8) is 0 Å². The highest BCUT2D eigenvalue weighted by Crippen LogP contribution is 2.15. The van der Waals surface area contributed by atoms with Crippen LogP contribution in [0.5, 0.6) is 0 Å². The van der Waals surface area contributed by atoms with Crippen LogP contribution in [-0.2, 0) is 13.1 Å². The van der Waals surface area contributed by atoms with E-state index in [4.69, 9.17) is 0 Å². The standard InChI is InChI=1S/C16H16N4/c1-12-18-9-7-14(20-12)11-17-10-13-6-8-19-16-5-3-2-4-15(13)16/h2-9,17H,10-11H2,1H3. The first-order valence-corrected chi connectivity index (χ1v) is 6.65. The lowest BCUT2D eigenvalue weighted by Crippen LogP contribution is -2.14. The molecule has 0 amide bonds. The first-order valence-electron chi connectivity index (χ1n) is 6.65. The van der Waals surface area contributed by atoms with Crippen molar-refractivity contribution in [3.05, 3.63) is 65.9 Å². The molecule has 0 radical (unpaired) electrons. The summed E-state index contributed by atoms with van der Waals surface area (Å²) in [7, 11) is 0. The van der Waals surface area contributed by atoms with E-state index < -0.39 is 0 Å². The maximum atomic E-state index is 4.38. The van der Waals surface area contributed by atoms with E-state index in [1.807, 2.05) is 37.4 Å². The van der Waals surface area contributed by atoms with E-state index in [0.29, 0.717) is 0 Å². The van der Waals surface area contributed by atoms with Crippen molar-refractivity contribution in [2.24, 2.45) is 0 Å². The highest BCUT2D eigenvalue weighted by Gasteiger charge is 2.01. The minimum Gasteiger partial charge on any atom is -0.307 e. The molecule has 2 heterocycles. The molecule has 3 aromatic rings. The summed E-state index contributed by atoms with van der Waals surface area (Å²) >= 11 is 0. The van der Waals surface area contributed by atoms with E-state index >= 15 is 0 Å². The minimum atomic E-state index is 0.736. The molecule has 4 nitrogen and oxygen atoms in total. The van der Waals surface area contributed by atoms with Gasteiger partial charge in [-0.25, -0.2) is 9.97 Å². The van der Waals surface area contributed by atoms with Crippen molar-refractivity contribution >= 4 is 10.9 Å². The van der Waals surface area contributed by atoms with E-state index in [-0.39, 0.29) is 0 Å². The summed E-state index contributed by atoms with van der Waals surface area (Å²) in [4.78, 5) is 12.9. The van der Waals surface area contributed by atoms with Crippen LogP contribution in [0, 0.1) is 6.92 Å². The van der Waals surface area contributed by atoms with Crippen molar-refractivity contribution in [3.8, 4) is 0 Å². The highest BCUT2D eigenvalue weighted by molar-refractivity contribution is 5.81. The molecule has 1 aromatic carbocycles. The number of nitrogens with one attached hydrogen (secondary N) is 1. The molecule has 0 bridgehead atoms. The van der Waals surface area contributed by atoms with Crippen molar-refractivity contribution in [1.29, 1.82) is 0 Å². The Bertz CT molecular complexity index is 719. The van der Waals surface area contributed by atoms with Gasteiger partial charge in [-0.2, -0.15) is 0 Å². The molecule has 20 heavy (non-hydrogen) atoms. The van der Waals surface area contributed by atoms with Crippen molar-refractivity contribution < 1.29 is 0 Å². The topological polar surface area (TPSA) is 50.7 Å². The summed E-state index contributed by atoms with van der Waals surface area (Å²) in [6.45, 7) is 3.44. The number of hydrogen-bond acceptors (Lipinski definition) is 4. The Hall–Kier alpha value is -2.33. The molecule has 0 saturated heterocycles. The monoisotopic (exact) mass is 264 g/mol. The molecule has 0 spiro atoms. The lowest BCUT2D eigenvalue weighted by Gasteiger charge is -2.07. The molecule has 3 rings (SSSR count). The van der Waals surface area contributed by atoms with E-state index in [9.17, 15) is 0 Å². The second kappa shape index (κ2) is 5.75. The number of benzene rings is 1. The Morgan fingerprint density at radius 2 is 1.80 bits per heavy atom. The number of aromatic nitrogens is 3. The Kier molecular flexibility index (Phi) is 3.65. The van der Waals surface area contributed by atoms with Gasteiger partial charge in [-0.3, -0.25) is 4.98 Å². The average molecular weight is 264 g/mol. The van der Waals surface area contributed by atoms with Gasteiger partial charge in [0.25, 0.3) is 0 Å². The molecule has 0 aliphatic rings. The predicted octanol–water partition coefficient (Wildman–Crippen LogP) is 2.62. The van der Waals surface area contributed by atoms with Gasteiger partial charge >= 0.3 is 0 Å². The minimum absolute atomic E-state index is 0.736. The van der Waals surface area contributed by atoms with Crippen LogP contribution >= 0.6 is 0 Å². The molecule has 0 atom stereocenters. The second-order valence-electron chi connectivity index (χ2n) is 4.69. The van der Waals surface area contributed by atoms with Crippen LogP contribution in [0.3, 0.4) is 0 Å². The maximum absolute atomic E-state index is 4.38. The Labute approximate surface area is 117 Å². The first kappa shape index (κ1) is 12.7. The summed E-state index contributed by atoms with van der Waals surface area (Å²) in [5.41, 5.74) is 3.29. The molecule has 4 heteroatoms. The molecule has 1 N–H and O–H groups in total. The Balaban J connectivity index is 1.71. The quantitative estimate of drug-likeness (QED) is 0.787. The fourth-order valence-electron chi connectivity index (χ4n) is 2.24. The smallest absolute Gasteiger partial charge is 0.125 e. The fraction of sp³-hybridized carbons (Fsp3) is 0.188. The molecule has 0 aliphatic heterocycles. The van der Waals surface area contributed by atoms with Gasteiger partial charge in [-0.1, -0.05) is 18.2 Å². The summed E-state index contributed by atoms with van der Waals surface area (Å²) < 4.78 is 0. The van der Waals surface area contributed by atoms with Crippen LogP contribution in [0.4, 0.5) is 0 Å². The Morgan fingerprint density at radius 3 is 2.70 bits per heavy atom. The maximum Gasteiger partial charge on any atom is 0.125 e. The third-order valence-electron chi connectivity index (χ3n) is 3.19. The SMILES string of the molecule is Cc1nccc(CNCc2ccnc3ccccc23)n1. The summed E-state index contributed by atoms with van der Waals surface area (Å²) in [6.07, 6.45) is 3.65. The Morgan fingerprint density at radius 1 is 0.950 bits per heavy atom. The first-order chi connectivity index (χ1) is 9.83. The van der Waals surface area contributed by atoms with Crippen molar-refractivity contribution in [2.45, 2.75) is 20.0 Å². The zero-order valence-corrected chi connectivity index (χ0v) is 11.4. The highest BCUT2D eigenvalue weighted by atomic mass is 14.9. The molecule has 0 unspecified atom stereocenters. The van der Waals surface area contributed by atoms with Gasteiger partial charge in [0.05, 0.1) is 11.2 Å². The molecular formula is C16H16N4. The number of aryl methyl sites for hydroxylation is 1. The fourth-order valence-corrected chi connectivity index (χ4v) is 2.24. The summed E-state index contributed by atoms with van der Waals surface area (Å²) in [5, 5.41) is 4.61. The van der Waals surface area contributed by atoms with Crippen LogP contribution in [0.25, 0.3) is 10.9 Å².